The number of ketones is 1. The van der Waals surface area contributed by atoms with E-state index in [9.17, 15) is 31.1 Å². The molecule has 2 aromatic rings. The minimum Gasteiger partial charge on any atom is -0.372 e. The Bertz CT molecular complexity index is 870. The lowest BCUT2D eigenvalue weighted by molar-refractivity contribution is -0.114. The molecule has 0 unspecified atom stereocenters. The van der Waals surface area contributed by atoms with Gasteiger partial charge in [-0.1, -0.05) is 0 Å². The zero-order valence-corrected chi connectivity index (χ0v) is 13.5. The van der Waals surface area contributed by atoms with Gasteiger partial charge >= 0.3 is 0 Å². The number of Topliss-reactive ketones (excluding diaryl/α,β-unsaturated/α-hetero) is 1. The average molecular weight is 384 g/mol. The fourth-order valence-corrected chi connectivity index (χ4v) is 2.54. The number of benzene rings is 2. The van der Waals surface area contributed by atoms with Crippen molar-refractivity contribution in [2.75, 3.05) is 13.2 Å². The monoisotopic (exact) mass is 384 g/mol. The van der Waals surface area contributed by atoms with E-state index < -0.39 is 40.7 Å². The molecule has 0 bridgehead atoms. The first-order chi connectivity index (χ1) is 12.8. The second-order valence-electron chi connectivity index (χ2n) is 5.76. The highest BCUT2D eigenvalue weighted by atomic mass is 19.2. The molecule has 1 aliphatic heterocycles. The lowest BCUT2D eigenvalue weighted by atomic mass is 9.97. The Balaban J connectivity index is 1.94. The Morgan fingerprint density at radius 3 is 1.33 bits per heavy atom. The molecule has 1 fully saturated rings. The van der Waals surface area contributed by atoms with Crippen molar-refractivity contribution >= 4 is 17.9 Å². The summed E-state index contributed by atoms with van der Waals surface area (Å²) in [5.74, 6) is -9.53. The normalized spacial score (nSPS) is 17.8. The van der Waals surface area contributed by atoms with E-state index in [0.29, 0.717) is 24.3 Å². The van der Waals surface area contributed by atoms with Crippen LogP contribution in [0.3, 0.4) is 0 Å². The number of carbonyl (C=O) groups is 1. The van der Waals surface area contributed by atoms with Gasteiger partial charge in [0.15, 0.2) is 40.7 Å². The summed E-state index contributed by atoms with van der Waals surface area (Å²) in [5.41, 5.74) is -0.195. The molecular formula is C19H10F6O2. The molecule has 0 atom stereocenters. The first-order valence-electron chi connectivity index (χ1n) is 7.59. The van der Waals surface area contributed by atoms with Gasteiger partial charge in [0.1, 0.15) is 0 Å². The smallest absolute Gasteiger partial charge is 0.194 e. The fraction of sp³-hybridized carbons (Fsp3) is 0.105. The average Bonchev–Trinajstić information content (AvgIpc) is 2.61. The van der Waals surface area contributed by atoms with Gasteiger partial charge < -0.3 is 4.74 Å². The van der Waals surface area contributed by atoms with Crippen molar-refractivity contribution in [3.05, 3.63) is 81.4 Å². The van der Waals surface area contributed by atoms with Gasteiger partial charge in [-0.25, -0.2) is 26.3 Å². The summed E-state index contributed by atoms with van der Waals surface area (Å²) in [6.07, 6.45) is 2.24. The second-order valence-corrected chi connectivity index (χ2v) is 5.76. The molecule has 1 aliphatic rings. The van der Waals surface area contributed by atoms with Crippen LogP contribution in [0.1, 0.15) is 11.1 Å². The van der Waals surface area contributed by atoms with Gasteiger partial charge in [-0.2, -0.15) is 0 Å². The fourth-order valence-electron chi connectivity index (χ4n) is 2.54. The predicted molar refractivity (Wildman–Crippen MR) is 84.4 cm³/mol. The predicted octanol–water partition coefficient (Wildman–Crippen LogP) is 4.59. The molecule has 0 radical (unpaired) electrons. The van der Waals surface area contributed by atoms with Crippen molar-refractivity contribution in [2.45, 2.75) is 0 Å². The molecule has 3 rings (SSSR count). The van der Waals surface area contributed by atoms with Crippen LogP contribution in [-0.2, 0) is 9.53 Å². The zero-order chi connectivity index (χ0) is 19.7. The highest BCUT2D eigenvalue weighted by Gasteiger charge is 2.22. The second kappa shape index (κ2) is 7.40. The molecule has 0 amide bonds. The minimum atomic E-state index is -1.63. The van der Waals surface area contributed by atoms with E-state index in [1.807, 2.05) is 0 Å². The zero-order valence-electron chi connectivity index (χ0n) is 13.5. The maximum Gasteiger partial charge on any atom is 0.194 e. The number of halogens is 6. The van der Waals surface area contributed by atoms with Gasteiger partial charge in [0.25, 0.3) is 0 Å². The molecule has 8 heteroatoms. The molecule has 1 heterocycles. The molecule has 27 heavy (non-hydrogen) atoms. The lowest BCUT2D eigenvalue weighted by Gasteiger charge is -2.17. The van der Waals surface area contributed by atoms with Crippen LogP contribution in [0.5, 0.6) is 0 Å². The van der Waals surface area contributed by atoms with Crippen molar-refractivity contribution in [1.29, 1.82) is 0 Å². The summed E-state index contributed by atoms with van der Waals surface area (Å²) in [7, 11) is 0. The van der Waals surface area contributed by atoms with Gasteiger partial charge in [-0.3, -0.25) is 4.79 Å². The summed E-state index contributed by atoms with van der Waals surface area (Å²) >= 11 is 0. The highest BCUT2D eigenvalue weighted by Crippen LogP contribution is 2.23. The summed E-state index contributed by atoms with van der Waals surface area (Å²) in [6.45, 7) is -0.355. The standard InChI is InChI=1S/C19H10F6O2/c20-13-3-9(4-14(21)17(13)24)1-11-7-27-8-12(19(11)26)2-10-5-15(22)18(25)16(23)6-10/h1-6H,7-8H2/b11-1+,12-2+. The highest BCUT2D eigenvalue weighted by molar-refractivity contribution is 6.14. The molecule has 0 aliphatic carbocycles. The van der Waals surface area contributed by atoms with Crippen LogP contribution in [0.25, 0.3) is 12.2 Å². The van der Waals surface area contributed by atoms with E-state index >= 15 is 0 Å². The van der Waals surface area contributed by atoms with Crippen molar-refractivity contribution in [2.24, 2.45) is 0 Å². The van der Waals surface area contributed by atoms with Crippen LogP contribution in [-0.4, -0.2) is 19.0 Å². The minimum absolute atomic E-state index is 0.000892. The largest absolute Gasteiger partial charge is 0.372 e. The van der Waals surface area contributed by atoms with Crippen LogP contribution in [0.2, 0.25) is 0 Å². The molecule has 140 valence electrons. The molecule has 2 aromatic carbocycles. The molecule has 0 saturated carbocycles. The van der Waals surface area contributed by atoms with Gasteiger partial charge in [0.05, 0.1) is 13.2 Å². The van der Waals surface area contributed by atoms with Crippen molar-refractivity contribution in [3.8, 4) is 0 Å². The van der Waals surface area contributed by atoms with Crippen molar-refractivity contribution in [3.63, 3.8) is 0 Å². The third-order valence-electron chi connectivity index (χ3n) is 3.79. The number of hydrogen-bond acceptors (Lipinski definition) is 2. The number of rotatable bonds is 2. The Hall–Kier alpha value is -2.87. The quantitative estimate of drug-likeness (QED) is 0.430. The summed E-state index contributed by atoms with van der Waals surface area (Å²) < 4.78 is 84.4. The van der Waals surface area contributed by atoms with Crippen LogP contribution in [0, 0.1) is 34.9 Å². The van der Waals surface area contributed by atoms with E-state index in [0.717, 1.165) is 12.2 Å². The van der Waals surface area contributed by atoms with E-state index in [2.05, 4.69) is 0 Å². The van der Waals surface area contributed by atoms with Crippen molar-refractivity contribution in [1.82, 2.24) is 0 Å². The van der Waals surface area contributed by atoms with Gasteiger partial charge in [0.2, 0.25) is 0 Å². The Labute approximate surface area is 149 Å². The Morgan fingerprint density at radius 1 is 0.667 bits per heavy atom. The van der Waals surface area contributed by atoms with Crippen LogP contribution in [0.4, 0.5) is 26.3 Å². The van der Waals surface area contributed by atoms with E-state index in [1.54, 1.807) is 0 Å². The topological polar surface area (TPSA) is 26.3 Å². The van der Waals surface area contributed by atoms with E-state index in [1.165, 1.54) is 0 Å². The van der Waals surface area contributed by atoms with Crippen LogP contribution < -0.4 is 0 Å². The number of carbonyl (C=O) groups excluding carboxylic acids is 1. The first kappa shape index (κ1) is 18.9. The van der Waals surface area contributed by atoms with Crippen LogP contribution in [0.15, 0.2) is 35.4 Å². The molecule has 0 spiro atoms. The van der Waals surface area contributed by atoms with Gasteiger partial charge in [0, 0.05) is 11.1 Å². The maximum atomic E-state index is 13.3. The van der Waals surface area contributed by atoms with E-state index in [4.69, 9.17) is 4.74 Å². The lowest BCUT2D eigenvalue weighted by Crippen LogP contribution is -2.22. The molecule has 0 aromatic heterocycles. The van der Waals surface area contributed by atoms with Crippen LogP contribution >= 0.6 is 0 Å². The molecule has 1 saturated heterocycles. The summed E-state index contributed by atoms with van der Waals surface area (Å²) in [5, 5.41) is 0. The summed E-state index contributed by atoms with van der Waals surface area (Å²) in [6, 6.07) is 2.84. The number of ether oxygens (including phenoxy) is 1. The maximum absolute atomic E-state index is 13.3. The molecule has 0 N–H and O–H groups in total. The SMILES string of the molecule is O=C1/C(=C/c2cc(F)c(F)c(F)c2)COC/C1=C\c1cc(F)c(F)c(F)c1. The van der Waals surface area contributed by atoms with E-state index in [-0.39, 0.29) is 35.5 Å². The Morgan fingerprint density at radius 2 is 1.00 bits per heavy atom. The number of hydrogen-bond donors (Lipinski definition) is 0. The first-order valence-corrected chi connectivity index (χ1v) is 7.59. The van der Waals surface area contributed by atoms with Gasteiger partial charge in [-0.05, 0) is 47.5 Å². The Kier molecular flexibility index (Phi) is 5.18. The third-order valence-corrected chi connectivity index (χ3v) is 3.79. The summed E-state index contributed by atoms with van der Waals surface area (Å²) in [4.78, 5) is 12.5. The molecule has 2 nitrogen and oxygen atoms in total. The van der Waals surface area contributed by atoms with Gasteiger partial charge in [-0.15, -0.1) is 0 Å². The van der Waals surface area contributed by atoms with Crippen molar-refractivity contribution < 1.29 is 35.9 Å². The molecular weight excluding hydrogens is 374 g/mol. The third kappa shape index (κ3) is 3.95.